The number of aromatic nitrogens is 8. The monoisotopic (exact) mass is 455 g/mol. The van der Waals surface area contributed by atoms with Gasteiger partial charge in [-0.3, -0.25) is 14.1 Å². The SMILES string of the molecule is CC[C@@H]1c2nnc(C)n2-c2cnc(-n3ccnc3-c3ccncc3)nc2N1CCC(F)(F)F. The molecule has 9 nitrogen and oxygen atoms in total. The van der Waals surface area contributed by atoms with Crippen molar-refractivity contribution in [2.75, 3.05) is 11.4 Å². The third-order valence-corrected chi connectivity index (χ3v) is 5.59. The first kappa shape index (κ1) is 21.0. The summed E-state index contributed by atoms with van der Waals surface area (Å²) >= 11 is 0. The summed E-state index contributed by atoms with van der Waals surface area (Å²) in [4.78, 5) is 19.3. The molecular formula is C21H20F3N9. The second-order valence-corrected chi connectivity index (χ2v) is 7.66. The largest absolute Gasteiger partial charge is 0.390 e. The van der Waals surface area contributed by atoms with Gasteiger partial charge in [0.25, 0.3) is 0 Å². The first-order chi connectivity index (χ1) is 15.9. The molecule has 1 aliphatic rings. The number of imidazole rings is 1. The van der Waals surface area contributed by atoms with Crippen molar-refractivity contribution >= 4 is 5.82 Å². The first-order valence-corrected chi connectivity index (χ1v) is 10.4. The number of alkyl halides is 3. The first-order valence-electron chi connectivity index (χ1n) is 10.4. The number of fused-ring (bicyclic) bond motifs is 3. The van der Waals surface area contributed by atoms with Gasteiger partial charge in [0.2, 0.25) is 5.95 Å². The third-order valence-electron chi connectivity index (χ3n) is 5.59. The fourth-order valence-electron chi connectivity index (χ4n) is 4.11. The van der Waals surface area contributed by atoms with Crippen molar-refractivity contribution in [3.8, 4) is 23.0 Å². The van der Waals surface area contributed by atoms with E-state index in [4.69, 9.17) is 4.98 Å². The van der Waals surface area contributed by atoms with Crippen LogP contribution in [0.5, 0.6) is 0 Å². The zero-order valence-electron chi connectivity index (χ0n) is 17.9. The summed E-state index contributed by atoms with van der Waals surface area (Å²) in [5, 5.41) is 8.39. The van der Waals surface area contributed by atoms with Gasteiger partial charge in [0.15, 0.2) is 11.6 Å². The molecular weight excluding hydrogens is 435 g/mol. The van der Waals surface area contributed by atoms with E-state index in [9.17, 15) is 13.2 Å². The van der Waals surface area contributed by atoms with E-state index >= 15 is 0 Å². The molecule has 0 aliphatic carbocycles. The van der Waals surface area contributed by atoms with Crippen molar-refractivity contribution in [1.82, 2.24) is 39.3 Å². The summed E-state index contributed by atoms with van der Waals surface area (Å²) < 4.78 is 43.0. The van der Waals surface area contributed by atoms with E-state index < -0.39 is 18.6 Å². The van der Waals surface area contributed by atoms with Crippen LogP contribution in [0, 0.1) is 6.92 Å². The lowest BCUT2D eigenvalue weighted by molar-refractivity contribution is -0.132. The smallest absolute Gasteiger partial charge is 0.344 e. The minimum atomic E-state index is -4.30. The van der Waals surface area contributed by atoms with Gasteiger partial charge in [0.05, 0.1) is 18.7 Å². The standard InChI is InChI=1S/C21H20F3N9/c1-3-15-19-30-29-13(2)33(19)16-12-27-20(28-18(16)31(15)10-6-21(22,23)24)32-11-9-26-17(32)14-4-7-25-8-5-14/h4-5,7-9,11-12,15H,3,6,10H2,1-2H3/t15-/m1/s1. The summed E-state index contributed by atoms with van der Waals surface area (Å²) in [6.07, 6.45) is 3.52. The molecule has 12 heteroatoms. The van der Waals surface area contributed by atoms with Gasteiger partial charge in [0.1, 0.15) is 17.3 Å². The molecule has 170 valence electrons. The summed E-state index contributed by atoms with van der Waals surface area (Å²) in [5.41, 5.74) is 1.36. The minimum absolute atomic E-state index is 0.251. The zero-order chi connectivity index (χ0) is 23.2. The van der Waals surface area contributed by atoms with Gasteiger partial charge in [-0.1, -0.05) is 6.92 Å². The molecule has 0 spiro atoms. The Bertz CT molecular complexity index is 1280. The highest BCUT2D eigenvalue weighted by Gasteiger charge is 2.37. The Balaban J connectivity index is 1.65. The lowest BCUT2D eigenvalue weighted by atomic mass is 10.1. The Kier molecular flexibility index (Phi) is 5.06. The Labute approximate surface area is 187 Å². The van der Waals surface area contributed by atoms with Crippen molar-refractivity contribution in [3.05, 3.63) is 54.8 Å². The van der Waals surface area contributed by atoms with Gasteiger partial charge in [-0.25, -0.2) is 9.97 Å². The molecule has 0 saturated carbocycles. The van der Waals surface area contributed by atoms with Crippen LogP contribution in [0.2, 0.25) is 0 Å². The van der Waals surface area contributed by atoms with Crippen LogP contribution in [0.1, 0.15) is 37.5 Å². The molecule has 5 rings (SSSR count). The number of pyridine rings is 1. The van der Waals surface area contributed by atoms with Crippen LogP contribution >= 0.6 is 0 Å². The molecule has 0 bridgehead atoms. The predicted molar refractivity (Wildman–Crippen MR) is 113 cm³/mol. The van der Waals surface area contributed by atoms with E-state index in [1.807, 2.05) is 23.6 Å². The molecule has 1 atom stereocenters. The molecule has 33 heavy (non-hydrogen) atoms. The Morgan fingerprint density at radius 1 is 1.06 bits per heavy atom. The molecule has 4 aromatic heterocycles. The molecule has 0 radical (unpaired) electrons. The average Bonchev–Trinajstić information content (AvgIpc) is 3.44. The van der Waals surface area contributed by atoms with Gasteiger partial charge in [-0.05, 0) is 25.5 Å². The number of aryl methyl sites for hydroxylation is 1. The van der Waals surface area contributed by atoms with Crippen LogP contribution in [0.3, 0.4) is 0 Å². The summed E-state index contributed by atoms with van der Waals surface area (Å²) in [7, 11) is 0. The lowest BCUT2D eigenvalue weighted by Gasteiger charge is -2.37. The third kappa shape index (κ3) is 3.70. The second-order valence-electron chi connectivity index (χ2n) is 7.66. The Morgan fingerprint density at radius 3 is 2.58 bits per heavy atom. The molecule has 0 saturated heterocycles. The maximum Gasteiger partial charge on any atom is 0.390 e. The fraction of sp³-hybridized carbons (Fsp3) is 0.333. The van der Waals surface area contributed by atoms with Gasteiger partial charge < -0.3 is 4.90 Å². The molecule has 0 N–H and O–H groups in total. The van der Waals surface area contributed by atoms with Gasteiger partial charge in [-0.15, -0.1) is 10.2 Å². The molecule has 0 unspecified atom stereocenters. The van der Waals surface area contributed by atoms with E-state index in [-0.39, 0.29) is 6.54 Å². The molecule has 1 aliphatic heterocycles. The minimum Gasteiger partial charge on any atom is -0.344 e. The maximum absolute atomic E-state index is 13.2. The molecule has 5 heterocycles. The highest BCUT2D eigenvalue weighted by Crippen LogP contribution is 2.39. The molecule has 4 aromatic rings. The number of nitrogens with zero attached hydrogens (tertiary/aromatic N) is 9. The van der Waals surface area contributed by atoms with Gasteiger partial charge in [0, 0.05) is 36.9 Å². The molecule has 0 fully saturated rings. The van der Waals surface area contributed by atoms with Crippen LogP contribution in [-0.4, -0.2) is 52.0 Å². The van der Waals surface area contributed by atoms with E-state index in [1.54, 1.807) is 47.4 Å². The van der Waals surface area contributed by atoms with Crippen molar-refractivity contribution in [2.45, 2.75) is 38.9 Å². The molecule has 0 aromatic carbocycles. The number of anilines is 1. The van der Waals surface area contributed by atoms with Crippen LogP contribution in [0.25, 0.3) is 23.0 Å². The summed E-state index contributed by atoms with van der Waals surface area (Å²) in [5.74, 6) is 2.51. The second kappa shape index (κ2) is 7.94. The lowest BCUT2D eigenvalue weighted by Crippen LogP contribution is -2.38. The molecule has 0 amide bonds. The summed E-state index contributed by atoms with van der Waals surface area (Å²) in [6.45, 7) is 3.45. The van der Waals surface area contributed by atoms with Crippen LogP contribution in [0.4, 0.5) is 19.0 Å². The summed E-state index contributed by atoms with van der Waals surface area (Å²) in [6, 6.07) is 3.23. The highest BCUT2D eigenvalue weighted by molar-refractivity contribution is 5.63. The van der Waals surface area contributed by atoms with E-state index in [2.05, 4.69) is 25.1 Å². The number of hydrogen-bond donors (Lipinski definition) is 0. The van der Waals surface area contributed by atoms with Gasteiger partial charge >= 0.3 is 6.18 Å². The van der Waals surface area contributed by atoms with E-state index in [0.29, 0.717) is 41.3 Å². The quantitative estimate of drug-likeness (QED) is 0.452. The normalized spacial score (nSPS) is 15.4. The van der Waals surface area contributed by atoms with Crippen LogP contribution in [0.15, 0.2) is 43.1 Å². The number of rotatable bonds is 5. The maximum atomic E-state index is 13.2. The van der Waals surface area contributed by atoms with E-state index in [1.165, 1.54) is 0 Å². The van der Waals surface area contributed by atoms with E-state index in [0.717, 1.165) is 5.56 Å². The Hall–Kier alpha value is -3.83. The average molecular weight is 455 g/mol. The van der Waals surface area contributed by atoms with Gasteiger partial charge in [-0.2, -0.15) is 18.2 Å². The fourth-order valence-corrected chi connectivity index (χ4v) is 4.11. The van der Waals surface area contributed by atoms with Crippen molar-refractivity contribution < 1.29 is 13.2 Å². The van der Waals surface area contributed by atoms with Crippen LogP contribution < -0.4 is 4.90 Å². The highest BCUT2D eigenvalue weighted by atomic mass is 19.4. The van der Waals surface area contributed by atoms with Crippen LogP contribution in [-0.2, 0) is 0 Å². The topological polar surface area (TPSA) is 90.4 Å². The van der Waals surface area contributed by atoms with Crippen molar-refractivity contribution in [3.63, 3.8) is 0 Å². The van der Waals surface area contributed by atoms with Crippen molar-refractivity contribution in [1.29, 1.82) is 0 Å². The number of halogens is 3. The Morgan fingerprint density at radius 2 is 1.85 bits per heavy atom. The number of hydrogen-bond acceptors (Lipinski definition) is 7. The predicted octanol–water partition coefficient (Wildman–Crippen LogP) is 3.84. The van der Waals surface area contributed by atoms with Crippen molar-refractivity contribution in [2.24, 2.45) is 0 Å². The zero-order valence-corrected chi connectivity index (χ0v) is 17.9.